The number of amides is 3. The highest BCUT2D eigenvalue weighted by Gasteiger charge is 2.28. The van der Waals surface area contributed by atoms with E-state index in [1.807, 2.05) is 31.2 Å². The largest absolute Gasteiger partial charge is 0.331 e. The van der Waals surface area contributed by atoms with Gasteiger partial charge in [-0.1, -0.05) is 42.5 Å². The second-order valence-electron chi connectivity index (χ2n) is 8.99. The van der Waals surface area contributed by atoms with E-state index in [1.165, 1.54) is 4.90 Å². The predicted octanol–water partition coefficient (Wildman–Crippen LogP) is 3.82. The number of hydrogen-bond acceptors (Lipinski definition) is 4. The number of benzene rings is 3. The lowest BCUT2D eigenvalue weighted by atomic mass is 10.0. The minimum absolute atomic E-state index is 0.0723. The normalized spacial score (nSPS) is 14.7. The molecule has 1 aliphatic heterocycles. The fraction of sp³-hybridized carbons (Fsp3) is 0.308. The summed E-state index contributed by atoms with van der Waals surface area (Å²) in [6, 6.07) is 17.2. The Hall–Kier alpha value is -3.43. The highest BCUT2D eigenvalue weighted by Crippen LogP contribution is 2.27. The van der Waals surface area contributed by atoms with E-state index in [0.717, 1.165) is 5.56 Å². The van der Waals surface area contributed by atoms with Gasteiger partial charge in [-0.3, -0.25) is 4.79 Å². The van der Waals surface area contributed by atoms with Crippen LogP contribution in [0, 0.1) is 6.92 Å². The van der Waals surface area contributed by atoms with Crippen molar-refractivity contribution in [3.05, 3.63) is 71.8 Å². The molecule has 3 aromatic carbocycles. The molecule has 0 radical (unpaired) electrons. The van der Waals surface area contributed by atoms with Gasteiger partial charge in [0.15, 0.2) is 0 Å². The number of carbonyl (C=O) groups is 2. The number of sulfonamides is 1. The summed E-state index contributed by atoms with van der Waals surface area (Å²) in [6.07, 6.45) is 1.07. The van der Waals surface area contributed by atoms with Gasteiger partial charge >= 0.3 is 6.03 Å². The lowest BCUT2D eigenvalue weighted by molar-refractivity contribution is 0.102. The van der Waals surface area contributed by atoms with Gasteiger partial charge in [0.1, 0.15) is 0 Å². The Bertz CT molecular complexity index is 1360. The number of urea groups is 1. The van der Waals surface area contributed by atoms with Crippen LogP contribution in [0.1, 0.15) is 28.8 Å². The summed E-state index contributed by atoms with van der Waals surface area (Å²) in [5.41, 5.74) is 2.05. The zero-order valence-electron chi connectivity index (χ0n) is 20.1. The lowest BCUT2D eigenvalue weighted by Crippen LogP contribution is -2.49. The van der Waals surface area contributed by atoms with E-state index in [-0.39, 0.29) is 22.9 Å². The van der Waals surface area contributed by atoms with E-state index in [0.29, 0.717) is 48.0 Å². The number of anilines is 1. The molecule has 3 amide bonds. The molecule has 35 heavy (non-hydrogen) atoms. The summed E-state index contributed by atoms with van der Waals surface area (Å²) >= 11 is 0. The number of piperidine rings is 1. The number of fused-ring (bicyclic) bond motifs is 1. The zero-order chi connectivity index (χ0) is 25.2. The van der Waals surface area contributed by atoms with Crippen molar-refractivity contribution in [1.82, 2.24) is 14.5 Å². The van der Waals surface area contributed by atoms with E-state index in [2.05, 4.69) is 10.0 Å². The molecular weight excluding hydrogens is 464 g/mol. The van der Waals surface area contributed by atoms with Gasteiger partial charge in [0.25, 0.3) is 5.91 Å². The molecule has 3 aromatic rings. The molecule has 0 bridgehead atoms. The Labute approximate surface area is 206 Å². The number of para-hydroxylation sites is 1. The van der Waals surface area contributed by atoms with E-state index in [4.69, 9.17) is 0 Å². The maximum absolute atomic E-state index is 13.4. The van der Waals surface area contributed by atoms with Crippen molar-refractivity contribution >= 4 is 38.4 Å². The standard InChI is InChI=1S/C26H30N4O4S/c1-18-8-4-5-12-23(18)27-25(31)22-11-6-10-21-20(22)9-7-13-24(21)35(33,34)28-19-14-16-30(17-15-19)26(32)29(2)3/h4-13,19,28H,14-17H2,1-3H3,(H,27,31). The predicted molar refractivity (Wildman–Crippen MR) is 137 cm³/mol. The number of likely N-dealkylation sites (tertiary alicyclic amines) is 1. The van der Waals surface area contributed by atoms with Crippen molar-refractivity contribution in [3.8, 4) is 0 Å². The topological polar surface area (TPSA) is 98.8 Å². The number of rotatable bonds is 5. The van der Waals surface area contributed by atoms with Crippen LogP contribution in [0.2, 0.25) is 0 Å². The highest BCUT2D eigenvalue weighted by molar-refractivity contribution is 7.89. The summed E-state index contributed by atoms with van der Waals surface area (Å²) in [4.78, 5) is 28.6. The number of nitrogens with zero attached hydrogens (tertiary/aromatic N) is 2. The molecule has 1 fully saturated rings. The fourth-order valence-electron chi connectivity index (χ4n) is 4.37. The summed E-state index contributed by atoms with van der Waals surface area (Å²) in [6.45, 7) is 2.89. The average Bonchev–Trinajstić information content (AvgIpc) is 2.84. The van der Waals surface area contributed by atoms with E-state index in [9.17, 15) is 18.0 Å². The Morgan fingerprint density at radius 2 is 1.57 bits per heavy atom. The van der Waals surface area contributed by atoms with Crippen LogP contribution in [0.5, 0.6) is 0 Å². The zero-order valence-corrected chi connectivity index (χ0v) is 20.9. The third-order valence-corrected chi connectivity index (χ3v) is 7.86. The lowest BCUT2D eigenvalue weighted by Gasteiger charge is -2.33. The molecule has 1 aliphatic rings. The van der Waals surface area contributed by atoms with Crippen molar-refractivity contribution in [2.75, 3.05) is 32.5 Å². The van der Waals surface area contributed by atoms with Crippen molar-refractivity contribution in [2.45, 2.75) is 30.7 Å². The van der Waals surface area contributed by atoms with Crippen LogP contribution in [0.25, 0.3) is 10.8 Å². The van der Waals surface area contributed by atoms with Crippen molar-refractivity contribution in [3.63, 3.8) is 0 Å². The fourth-order valence-corrected chi connectivity index (χ4v) is 5.90. The van der Waals surface area contributed by atoms with Gasteiger partial charge in [0.2, 0.25) is 10.0 Å². The monoisotopic (exact) mass is 494 g/mol. The number of carbonyl (C=O) groups excluding carboxylic acids is 2. The summed E-state index contributed by atoms with van der Waals surface area (Å²) in [5.74, 6) is -0.301. The van der Waals surface area contributed by atoms with Crippen molar-refractivity contribution < 1.29 is 18.0 Å². The minimum Gasteiger partial charge on any atom is -0.331 e. The van der Waals surface area contributed by atoms with Crippen LogP contribution in [0.4, 0.5) is 10.5 Å². The van der Waals surface area contributed by atoms with Gasteiger partial charge < -0.3 is 15.1 Å². The quantitative estimate of drug-likeness (QED) is 0.563. The molecule has 8 nitrogen and oxygen atoms in total. The van der Waals surface area contributed by atoms with E-state index >= 15 is 0 Å². The van der Waals surface area contributed by atoms with Gasteiger partial charge in [-0.2, -0.15) is 0 Å². The molecule has 9 heteroatoms. The first-order valence-electron chi connectivity index (χ1n) is 11.5. The van der Waals surface area contributed by atoms with Gasteiger partial charge in [0, 0.05) is 49.9 Å². The Morgan fingerprint density at radius 1 is 0.914 bits per heavy atom. The Kier molecular flexibility index (Phi) is 7.09. The molecule has 0 saturated carbocycles. The molecule has 2 N–H and O–H groups in total. The second kappa shape index (κ2) is 10.1. The van der Waals surface area contributed by atoms with Crippen molar-refractivity contribution in [2.24, 2.45) is 0 Å². The third kappa shape index (κ3) is 5.31. The molecule has 4 rings (SSSR count). The Balaban J connectivity index is 1.57. The minimum atomic E-state index is -3.84. The van der Waals surface area contributed by atoms with E-state index in [1.54, 1.807) is 55.4 Å². The molecule has 0 spiro atoms. The molecule has 0 aliphatic carbocycles. The van der Waals surface area contributed by atoms with Crippen LogP contribution >= 0.6 is 0 Å². The molecule has 1 heterocycles. The van der Waals surface area contributed by atoms with Gasteiger partial charge in [-0.15, -0.1) is 0 Å². The summed E-state index contributed by atoms with van der Waals surface area (Å²) in [5, 5.41) is 3.97. The van der Waals surface area contributed by atoms with Crippen LogP contribution in [0.15, 0.2) is 65.6 Å². The van der Waals surface area contributed by atoms with Crippen LogP contribution < -0.4 is 10.0 Å². The second-order valence-corrected chi connectivity index (χ2v) is 10.7. The smallest absolute Gasteiger partial charge is 0.319 e. The van der Waals surface area contributed by atoms with Gasteiger partial charge in [-0.05, 0) is 48.9 Å². The number of hydrogen-bond donors (Lipinski definition) is 2. The first kappa shape index (κ1) is 24.7. The summed E-state index contributed by atoms with van der Waals surface area (Å²) in [7, 11) is -0.441. The molecule has 0 aromatic heterocycles. The summed E-state index contributed by atoms with van der Waals surface area (Å²) < 4.78 is 29.5. The first-order chi connectivity index (χ1) is 16.7. The third-order valence-electron chi connectivity index (χ3n) is 6.28. The first-order valence-corrected chi connectivity index (χ1v) is 13.0. The van der Waals surface area contributed by atoms with Crippen LogP contribution in [-0.2, 0) is 10.0 Å². The van der Waals surface area contributed by atoms with Crippen LogP contribution in [0.3, 0.4) is 0 Å². The number of nitrogens with one attached hydrogen (secondary N) is 2. The molecule has 0 unspecified atom stereocenters. The van der Waals surface area contributed by atoms with Gasteiger partial charge in [0.05, 0.1) is 4.90 Å². The van der Waals surface area contributed by atoms with Crippen LogP contribution in [-0.4, -0.2) is 63.4 Å². The van der Waals surface area contributed by atoms with E-state index < -0.39 is 10.0 Å². The molecule has 1 saturated heterocycles. The Morgan fingerprint density at radius 3 is 2.26 bits per heavy atom. The SMILES string of the molecule is Cc1ccccc1NC(=O)c1cccc2c(S(=O)(=O)NC3CCN(C(=O)N(C)C)CC3)cccc12. The van der Waals surface area contributed by atoms with Gasteiger partial charge in [-0.25, -0.2) is 17.9 Å². The molecule has 184 valence electrons. The molecular formula is C26H30N4O4S. The maximum atomic E-state index is 13.4. The highest BCUT2D eigenvalue weighted by atomic mass is 32.2. The van der Waals surface area contributed by atoms with Crippen molar-refractivity contribution in [1.29, 1.82) is 0 Å². The molecule has 0 atom stereocenters. The number of aryl methyl sites for hydroxylation is 1. The average molecular weight is 495 g/mol. The maximum Gasteiger partial charge on any atom is 0.319 e.